The molecule has 162 valence electrons. The molecule has 0 bridgehead atoms. The zero-order valence-corrected chi connectivity index (χ0v) is 19.5. The van der Waals surface area contributed by atoms with Gasteiger partial charge in [0, 0.05) is 19.7 Å². The van der Waals surface area contributed by atoms with Crippen molar-refractivity contribution in [3.05, 3.63) is 63.4 Å². The summed E-state index contributed by atoms with van der Waals surface area (Å²) in [6, 6.07) is 9.70. The molecule has 0 spiro atoms. The standard InChI is InChI=1S/C22H20BrFN2O4S/c1-4-29-18-11-13(9-15-20(27)25(2)22(31)26(3)21(15)28)10-16(23)19(18)30-12-14-7-5-6-8-17(14)24/h5-11H,4,12H2,1-3H3. The molecule has 1 heterocycles. The third-order valence-corrected chi connectivity index (χ3v) is 5.75. The molecule has 0 unspecified atom stereocenters. The summed E-state index contributed by atoms with van der Waals surface area (Å²) in [5.74, 6) is -0.542. The van der Waals surface area contributed by atoms with Crippen molar-refractivity contribution in [1.29, 1.82) is 0 Å². The molecule has 1 aliphatic rings. The molecule has 1 aliphatic heterocycles. The lowest BCUT2D eigenvalue weighted by Crippen LogP contribution is -2.52. The van der Waals surface area contributed by atoms with Crippen LogP contribution in [0.4, 0.5) is 4.39 Å². The van der Waals surface area contributed by atoms with E-state index in [1.165, 1.54) is 36.0 Å². The summed E-state index contributed by atoms with van der Waals surface area (Å²) in [4.78, 5) is 27.6. The molecule has 3 rings (SSSR count). The van der Waals surface area contributed by atoms with E-state index in [2.05, 4.69) is 15.9 Å². The Balaban J connectivity index is 1.95. The molecule has 2 aromatic carbocycles. The second kappa shape index (κ2) is 9.57. The van der Waals surface area contributed by atoms with Gasteiger partial charge in [-0.15, -0.1) is 0 Å². The molecule has 31 heavy (non-hydrogen) atoms. The third-order valence-electron chi connectivity index (χ3n) is 4.62. The van der Waals surface area contributed by atoms with Crippen LogP contribution in [-0.2, 0) is 16.2 Å². The summed E-state index contributed by atoms with van der Waals surface area (Å²) in [6.45, 7) is 2.19. The van der Waals surface area contributed by atoms with Crippen LogP contribution in [0.25, 0.3) is 6.08 Å². The van der Waals surface area contributed by atoms with Gasteiger partial charge in [0.25, 0.3) is 11.8 Å². The maximum Gasteiger partial charge on any atom is 0.265 e. The van der Waals surface area contributed by atoms with Crippen LogP contribution in [0.1, 0.15) is 18.1 Å². The second-order valence-electron chi connectivity index (χ2n) is 6.71. The fraction of sp³-hybridized carbons (Fsp3) is 0.227. The van der Waals surface area contributed by atoms with E-state index >= 15 is 0 Å². The highest BCUT2D eigenvalue weighted by atomic mass is 79.9. The molecule has 0 aromatic heterocycles. The Kier molecular flexibility index (Phi) is 7.07. The Labute approximate surface area is 193 Å². The largest absolute Gasteiger partial charge is 0.490 e. The first-order valence-corrected chi connectivity index (χ1v) is 10.6. The van der Waals surface area contributed by atoms with Crippen molar-refractivity contribution < 1.29 is 23.5 Å². The number of likely N-dealkylation sites (N-methyl/N-ethyl adjacent to an activating group) is 2. The number of ether oxygens (including phenoxy) is 2. The van der Waals surface area contributed by atoms with Crippen LogP contribution in [0.5, 0.6) is 11.5 Å². The SMILES string of the molecule is CCOc1cc(C=C2C(=O)N(C)C(=S)N(C)C2=O)cc(Br)c1OCc1ccccc1F. The molecular weight excluding hydrogens is 487 g/mol. The van der Waals surface area contributed by atoms with Crippen molar-refractivity contribution in [2.24, 2.45) is 0 Å². The van der Waals surface area contributed by atoms with Crippen LogP contribution >= 0.6 is 28.1 Å². The van der Waals surface area contributed by atoms with Crippen LogP contribution in [-0.4, -0.2) is 47.4 Å². The molecule has 0 saturated carbocycles. The zero-order valence-electron chi connectivity index (χ0n) is 17.1. The molecule has 0 radical (unpaired) electrons. The van der Waals surface area contributed by atoms with Gasteiger partial charge in [-0.1, -0.05) is 18.2 Å². The number of benzene rings is 2. The summed E-state index contributed by atoms with van der Waals surface area (Å²) >= 11 is 8.56. The first-order chi connectivity index (χ1) is 14.7. The van der Waals surface area contributed by atoms with Crippen molar-refractivity contribution in [3.8, 4) is 11.5 Å². The van der Waals surface area contributed by atoms with Gasteiger partial charge < -0.3 is 9.47 Å². The molecule has 0 N–H and O–H groups in total. The zero-order chi connectivity index (χ0) is 22.7. The van der Waals surface area contributed by atoms with Crippen molar-refractivity contribution in [2.75, 3.05) is 20.7 Å². The van der Waals surface area contributed by atoms with E-state index in [0.717, 1.165) is 0 Å². The number of carbonyl (C=O) groups is 2. The van der Waals surface area contributed by atoms with Gasteiger partial charge in [-0.05, 0) is 64.9 Å². The minimum absolute atomic E-state index is 0.00971. The number of rotatable bonds is 6. The molecule has 2 aromatic rings. The average Bonchev–Trinajstić information content (AvgIpc) is 2.75. The van der Waals surface area contributed by atoms with E-state index in [-0.39, 0.29) is 23.1 Å². The molecule has 0 aliphatic carbocycles. The summed E-state index contributed by atoms with van der Waals surface area (Å²) in [7, 11) is 3.03. The number of carbonyl (C=O) groups excluding carboxylic acids is 2. The summed E-state index contributed by atoms with van der Waals surface area (Å²) in [5.41, 5.74) is 0.941. The number of halogens is 2. The van der Waals surface area contributed by atoms with Crippen molar-refractivity contribution >= 4 is 51.2 Å². The second-order valence-corrected chi connectivity index (χ2v) is 7.93. The summed E-state index contributed by atoms with van der Waals surface area (Å²) in [5, 5.41) is 0.139. The molecular formula is C22H20BrFN2O4S. The number of hydrogen-bond donors (Lipinski definition) is 0. The van der Waals surface area contributed by atoms with Crippen LogP contribution in [0, 0.1) is 5.82 Å². The van der Waals surface area contributed by atoms with Crippen LogP contribution in [0.15, 0.2) is 46.4 Å². The van der Waals surface area contributed by atoms with Crippen molar-refractivity contribution in [2.45, 2.75) is 13.5 Å². The third kappa shape index (κ3) is 4.77. The molecule has 6 nitrogen and oxygen atoms in total. The highest BCUT2D eigenvalue weighted by molar-refractivity contribution is 9.10. The highest BCUT2D eigenvalue weighted by Gasteiger charge is 2.35. The molecule has 9 heteroatoms. The van der Waals surface area contributed by atoms with Gasteiger partial charge in [0.05, 0.1) is 11.1 Å². The Morgan fingerprint density at radius 1 is 1.10 bits per heavy atom. The summed E-state index contributed by atoms with van der Waals surface area (Å²) < 4.78 is 26.0. The molecule has 2 amide bonds. The van der Waals surface area contributed by atoms with Gasteiger partial charge in [0.15, 0.2) is 16.6 Å². The molecule has 1 fully saturated rings. The predicted molar refractivity (Wildman–Crippen MR) is 122 cm³/mol. The highest BCUT2D eigenvalue weighted by Crippen LogP contribution is 2.38. The fourth-order valence-corrected chi connectivity index (χ4v) is 3.72. The number of amides is 2. The maximum absolute atomic E-state index is 13.9. The Morgan fingerprint density at radius 2 is 1.74 bits per heavy atom. The first-order valence-electron chi connectivity index (χ1n) is 9.38. The monoisotopic (exact) mass is 506 g/mol. The lowest BCUT2D eigenvalue weighted by Gasteiger charge is -2.31. The maximum atomic E-state index is 13.9. The van der Waals surface area contributed by atoms with Gasteiger partial charge >= 0.3 is 0 Å². The Hall–Kier alpha value is -2.78. The van der Waals surface area contributed by atoms with Crippen molar-refractivity contribution in [1.82, 2.24) is 9.80 Å². The Bertz CT molecular complexity index is 1060. The first kappa shape index (κ1) is 22.9. The minimum Gasteiger partial charge on any atom is -0.490 e. The number of nitrogens with zero attached hydrogens (tertiary/aromatic N) is 2. The van der Waals surface area contributed by atoms with E-state index in [1.54, 1.807) is 30.3 Å². The lowest BCUT2D eigenvalue weighted by atomic mass is 10.1. The smallest absolute Gasteiger partial charge is 0.265 e. The topological polar surface area (TPSA) is 59.1 Å². The quantitative estimate of drug-likeness (QED) is 0.334. The summed E-state index contributed by atoms with van der Waals surface area (Å²) in [6.07, 6.45) is 1.48. The van der Waals surface area contributed by atoms with Crippen LogP contribution in [0.3, 0.4) is 0 Å². The van der Waals surface area contributed by atoms with E-state index in [0.29, 0.717) is 33.7 Å². The van der Waals surface area contributed by atoms with Gasteiger partial charge in [-0.2, -0.15) is 0 Å². The van der Waals surface area contributed by atoms with E-state index < -0.39 is 11.8 Å². The van der Waals surface area contributed by atoms with E-state index in [9.17, 15) is 14.0 Å². The van der Waals surface area contributed by atoms with E-state index in [1.807, 2.05) is 6.92 Å². The number of thiocarbonyl (C=S) groups is 1. The Morgan fingerprint density at radius 3 is 2.35 bits per heavy atom. The lowest BCUT2D eigenvalue weighted by molar-refractivity contribution is -0.132. The average molecular weight is 507 g/mol. The van der Waals surface area contributed by atoms with Crippen LogP contribution < -0.4 is 9.47 Å². The van der Waals surface area contributed by atoms with E-state index in [4.69, 9.17) is 21.7 Å². The number of hydrogen-bond acceptors (Lipinski definition) is 5. The molecule has 1 saturated heterocycles. The van der Waals surface area contributed by atoms with Crippen LogP contribution in [0.2, 0.25) is 0 Å². The normalized spacial score (nSPS) is 14.2. The van der Waals surface area contributed by atoms with Gasteiger partial charge in [-0.3, -0.25) is 19.4 Å². The predicted octanol–water partition coefficient (Wildman–Crippen LogP) is 4.16. The van der Waals surface area contributed by atoms with Gasteiger partial charge in [0.1, 0.15) is 18.0 Å². The minimum atomic E-state index is -0.484. The van der Waals surface area contributed by atoms with Gasteiger partial charge in [0.2, 0.25) is 0 Å². The van der Waals surface area contributed by atoms with Crippen molar-refractivity contribution in [3.63, 3.8) is 0 Å². The molecule has 0 atom stereocenters. The fourth-order valence-electron chi connectivity index (χ4n) is 2.98. The van der Waals surface area contributed by atoms with Gasteiger partial charge in [-0.25, -0.2) is 4.39 Å².